The molecule has 0 spiro atoms. The van der Waals surface area contributed by atoms with Crippen LogP contribution in [0.1, 0.15) is 0 Å². The summed E-state index contributed by atoms with van der Waals surface area (Å²) >= 11 is 1.83. The third kappa shape index (κ3) is 3.44. The van der Waals surface area contributed by atoms with Gasteiger partial charge in [-0.2, -0.15) is 9.97 Å². The van der Waals surface area contributed by atoms with E-state index in [1.54, 1.807) is 0 Å². The molecule has 0 saturated carbocycles. The Hall–Kier alpha value is -5.39. The summed E-state index contributed by atoms with van der Waals surface area (Å²) < 4.78 is 4.78. The molecule has 0 fully saturated rings. The highest BCUT2D eigenvalue weighted by Crippen LogP contribution is 2.44. The minimum absolute atomic E-state index is 0.612. The van der Waals surface area contributed by atoms with Gasteiger partial charge in [0.1, 0.15) is 0 Å². The van der Waals surface area contributed by atoms with Gasteiger partial charge in [0.2, 0.25) is 5.95 Å². The highest BCUT2D eigenvalue weighted by atomic mass is 32.1. The van der Waals surface area contributed by atoms with Gasteiger partial charge in [0, 0.05) is 42.1 Å². The standard InChI is InChI=1S/C37H22N4S/c1-3-12-24(13-4-1)35-38-36(25-14-5-2-6-15-25)40-37(39-35)41-29-21-19-23-11-7-8-16-26(23)32(29)28-20-22-31-33(34(28)41)27-17-9-10-18-30(27)42-31/h1-22H. The molecule has 0 amide bonds. The van der Waals surface area contributed by atoms with Gasteiger partial charge in [0.15, 0.2) is 11.6 Å². The monoisotopic (exact) mass is 554 g/mol. The van der Waals surface area contributed by atoms with Crippen LogP contribution < -0.4 is 0 Å². The average molecular weight is 555 g/mol. The molecule has 5 heteroatoms. The minimum Gasteiger partial charge on any atom is -0.277 e. The topological polar surface area (TPSA) is 43.6 Å². The lowest BCUT2D eigenvalue weighted by molar-refractivity contribution is 0.955. The predicted octanol–water partition coefficient (Wildman–Crippen LogP) is 9.82. The molecular weight excluding hydrogens is 533 g/mol. The molecular formula is C37H22N4S. The number of fused-ring (bicyclic) bond motifs is 9. The van der Waals surface area contributed by atoms with Crippen LogP contribution in [0.3, 0.4) is 0 Å². The number of hydrogen-bond donors (Lipinski definition) is 0. The molecule has 0 atom stereocenters. The van der Waals surface area contributed by atoms with Gasteiger partial charge >= 0.3 is 0 Å². The van der Waals surface area contributed by atoms with Crippen LogP contribution in [-0.4, -0.2) is 19.5 Å². The van der Waals surface area contributed by atoms with Gasteiger partial charge in [-0.25, -0.2) is 4.98 Å². The van der Waals surface area contributed by atoms with Crippen molar-refractivity contribution in [2.24, 2.45) is 0 Å². The fraction of sp³-hybridized carbons (Fsp3) is 0. The molecule has 3 heterocycles. The van der Waals surface area contributed by atoms with Crippen molar-refractivity contribution in [1.29, 1.82) is 0 Å². The van der Waals surface area contributed by atoms with E-state index >= 15 is 0 Å². The molecule has 42 heavy (non-hydrogen) atoms. The van der Waals surface area contributed by atoms with Crippen molar-refractivity contribution >= 4 is 64.1 Å². The van der Waals surface area contributed by atoms with Crippen molar-refractivity contribution in [3.8, 4) is 28.7 Å². The fourth-order valence-corrected chi connectivity index (χ4v) is 7.30. The van der Waals surface area contributed by atoms with Crippen molar-refractivity contribution in [3.05, 3.63) is 133 Å². The van der Waals surface area contributed by atoms with Crippen LogP contribution in [0.15, 0.2) is 133 Å². The lowest BCUT2D eigenvalue weighted by Crippen LogP contribution is -2.06. The van der Waals surface area contributed by atoms with Crippen molar-refractivity contribution in [2.45, 2.75) is 0 Å². The summed E-state index contributed by atoms with van der Waals surface area (Å²) in [5, 5.41) is 7.32. The molecule has 4 nitrogen and oxygen atoms in total. The van der Waals surface area contributed by atoms with Gasteiger partial charge in [0.05, 0.1) is 11.0 Å². The van der Waals surface area contributed by atoms with Gasteiger partial charge in [0.25, 0.3) is 0 Å². The molecule has 3 aromatic heterocycles. The van der Waals surface area contributed by atoms with Crippen LogP contribution >= 0.6 is 11.3 Å². The maximum Gasteiger partial charge on any atom is 0.238 e. The Kier molecular flexibility index (Phi) is 5.03. The quantitative estimate of drug-likeness (QED) is 0.218. The second-order valence-corrected chi connectivity index (χ2v) is 11.5. The first-order chi connectivity index (χ1) is 20.8. The number of aromatic nitrogens is 4. The normalized spacial score (nSPS) is 11.8. The van der Waals surface area contributed by atoms with Crippen molar-refractivity contribution in [2.75, 3.05) is 0 Å². The maximum absolute atomic E-state index is 5.17. The summed E-state index contributed by atoms with van der Waals surface area (Å²) in [6.45, 7) is 0. The predicted molar refractivity (Wildman–Crippen MR) is 175 cm³/mol. The van der Waals surface area contributed by atoms with Crippen LogP contribution in [0.25, 0.3) is 81.5 Å². The van der Waals surface area contributed by atoms with E-state index in [9.17, 15) is 0 Å². The Balaban J connectivity index is 1.49. The molecule has 0 aliphatic heterocycles. The molecule has 6 aromatic carbocycles. The Morgan fingerprint density at radius 1 is 0.452 bits per heavy atom. The Labute approximate surface area is 245 Å². The molecule has 0 unspecified atom stereocenters. The second-order valence-electron chi connectivity index (χ2n) is 10.5. The first-order valence-electron chi connectivity index (χ1n) is 14.0. The average Bonchev–Trinajstić information content (AvgIpc) is 3.61. The maximum atomic E-state index is 5.17. The lowest BCUT2D eigenvalue weighted by Gasteiger charge is -2.11. The fourth-order valence-electron chi connectivity index (χ4n) is 6.19. The van der Waals surface area contributed by atoms with E-state index in [1.807, 2.05) is 47.7 Å². The zero-order valence-corrected chi connectivity index (χ0v) is 23.2. The lowest BCUT2D eigenvalue weighted by atomic mass is 10.0. The van der Waals surface area contributed by atoms with E-state index in [-0.39, 0.29) is 0 Å². The summed E-state index contributed by atoms with van der Waals surface area (Å²) in [5.41, 5.74) is 4.11. The Morgan fingerprint density at radius 3 is 1.83 bits per heavy atom. The second kappa shape index (κ2) is 9.06. The molecule has 0 aliphatic carbocycles. The first kappa shape index (κ1) is 23.3. The summed E-state index contributed by atoms with van der Waals surface area (Å²) in [5.74, 6) is 1.91. The van der Waals surface area contributed by atoms with Crippen molar-refractivity contribution in [3.63, 3.8) is 0 Å². The molecule has 0 aliphatic rings. The molecule has 0 bridgehead atoms. The third-order valence-electron chi connectivity index (χ3n) is 8.04. The van der Waals surface area contributed by atoms with E-state index in [1.165, 1.54) is 41.7 Å². The zero-order chi connectivity index (χ0) is 27.6. The molecule has 196 valence electrons. The number of hydrogen-bond acceptors (Lipinski definition) is 4. The Bertz CT molecular complexity index is 2390. The zero-order valence-electron chi connectivity index (χ0n) is 22.4. The SMILES string of the molecule is c1ccc(-c2nc(-c3ccccc3)nc(-n3c4ccc5ccccc5c4c4ccc5sc6ccccc6c5c43)n2)cc1. The van der Waals surface area contributed by atoms with Crippen molar-refractivity contribution < 1.29 is 0 Å². The Morgan fingerprint density at radius 2 is 1.10 bits per heavy atom. The van der Waals surface area contributed by atoms with Gasteiger partial charge in [-0.3, -0.25) is 4.57 Å². The summed E-state index contributed by atoms with van der Waals surface area (Å²) in [7, 11) is 0. The highest BCUT2D eigenvalue weighted by Gasteiger charge is 2.22. The van der Waals surface area contributed by atoms with Crippen molar-refractivity contribution in [1.82, 2.24) is 19.5 Å². The van der Waals surface area contributed by atoms with Gasteiger partial charge in [-0.15, -0.1) is 11.3 Å². The molecule has 9 rings (SSSR count). The number of rotatable bonds is 3. The van der Waals surface area contributed by atoms with Crippen LogP contribution in [-0.2, 0) is 0 Å². The summed E-state index contributed by atoms with van der Waals surface area (Å²) in [4.78, 5) is 15.3. The van der Waals surface area contributed by atoms with E-state index in [2.05, 4.69) is 102 Å². The minimum atomic E-state index is 0.612. The van der Waals surface area contributed by atoms with Crippen LogP contribution in [0.2, 0.25) is 0 Å². The molecule has 0 radical (unpaired) electrons. The highest BCUT2D eigenvalue weighted by molar-refractivity contribution is 7.26. The van der Waals surface area contributed by atoms with Gasteiger partial charge in [-0.05, 0) is 29.0 Å². The van der Waals surface area contributed by atoms with Crippen LogP contribution in [0.4, 0.5) is 0 Å². The molecule has 9 aromatic rings. The first-order valence-corrected chi connectivity index (χ1v) is 14.8. The summed E-state index contributed by atoms with van der Waals surface area (Å²) in [6.07, 6.45) is 0. The number of thiophene rings is 1. The van der Waals surface area contributed by atoms with Gasteiger partial charge in [-0.1, -0.05) is 115 Å². The van der Waals surface area contributed by atoms with E-state index in [0.29, 0.717) is 17.6 Å². The number of nitrogens with zero attached hydrogens (tertiary/aromatic N) is 4. The van der Waals surface area contributed by atoms with Crippen LogP contribution in [0.5, 0.6) is 0 Å². The van der Waals surface area contributed by atoms with Gasteiger partial charge < -0.3 is 0 Å². The third-order valence-corrected chi connectivity index (χ3v) is 9.18. The molecule has 0 N–H and O–H groups in total. The molecule has 0 saturated heterocycles. The smallest absolute Gasteiger partial charge is 0.238 e. The van der Waals surface area contributed by atoms with E-state index in [0.717, 1.165) is 22.2 Å². The largest absolute Gasteiger partial charge is 0.277 e. The van der Waals surface area contributed by atoms with E-state index < -0.39 is 0 Å². The van der Waals surface area contributed by atoms with E-state index in [4.69, 9.17) is 15.0 Å². The summed E-state index contributed by atoms with van der Waals surface area (Å²) in [6, 6.07) is 46.6. The number of benzene rings is 6. The van der Waals surface area contributed by atoms with Crippen LogP contribution in [0, 0.1) is 0 Å².